The van der Waals surface area contributed by atoms with Crippen molar-refractivity contribution >= 4 is 22.9 Å². The Bertz CT molecular complexity index is 618. The molecule has 0 aliphatic carbocycles. The van der Waals surface area contributed by atoms with Crippen LogP contribution in [-0.2, 0) is 13.0 Å². The molecule has 2 aromatic rings. The maximum absolute atomic E-state index is 12.1. The van der Waals surface area contributed by atoms with Crippen LogP contribution in [0, 0.1) is 6.92 Å². The molecule has 98 valence electrons. The minimum absolute atomic E-state index is 0.00231. The van der Waals surface area contributed by atoms with E-state index >= 15 is 0 Å². The molecule has 0 saturated heterocycles. The highest BCUT2D eigenvalue weighted by Gasteiger charge is 2.13. The molecule has 3 rings (SSSR count). The van der Waals surface area contributed by atoms with Crippen LogP contribution in [0.2, 0.25) is 0 Å². The molecule has 1 aliphatic rings. The Morgan fingerprint density at radius 3 is 3.11 bits per heavy atom. The van der Waals surface area contributed by atoms with Gasteiger partial charge in [0.1, 0.15) is 0 Å². The minimum Gasteiger partial charge on any atom is -0.384 e. The van der Waals surface area contributed by atoms with Gasteiger partial charge in [0, 0.05) is 22.7 Å². The van der Waals surface area contributed by atoms with Gasteiger partial charge < -0.3 is 10.6 Å². The molecule has 1 aromatic carbocycles. The first kappa shape index (κ1) is 12.2. The number of hydrogen-bond acceptors (Lipinski definition) is 3. The predicted octanol–water partition coefficient (Wildman–Crippen LogP) is 2.95. The average molecular weight is 272 g/mol. The first-order chi connectivity index (χ1) is 9.24. The summed E-state index contributed by atoms with van der Waals surface area (Å²) < 4.78 is 0. The summed E-state index contributed by atoms with van der Waals surface area (Å²) >= 11 is 1.68. The van der Waals surface area contributed by atoms with Crippen molar-refractivity contribution in [2.24, 2.45) is 0 Å². The van der Waals surface area contributed by atoms with Crippen molar-refractivity contribution in [3.05, 3.63) is 51.2 Å². The largest absolute Gasteiger partial charge is 0.384 e. The van der Waals surface area contributed by atoms with Gasteiger partial charge >= 0.3 is 0 Å². The third-order valence-electron chi connectivity index (χ3n) is 3.45. The number of anilines is 1. The van der Waals surface area contributed by atoms with Gasteiger partial charge in [0.15, 0.2) is 0 Å². The Kier molecular flexibility index (Phi) is 3.25. The third-order valence-corrected chi connectivity index (χ3v) is 4.48. The molecule has 4 heteroatoms. The molecule has 3 nitrogen and oxygen atoms in total. The highest BCUT2D eigenvalue weighted by Crippen LogP contribution is 2.23. The Hall–Kier alpha value is -1.81. The lowest BCUT2D eigenvalue weighted by Crippen LogP contribution is -2.22. The van der Waals surface area contributed by atoms with Gasteiger partial charge in [0.2, 0.25) is 0 Å². The fraction of sp³-hybridized carbons (Fsp3) is 0.267. The number of carbonyl (C=O) groups excluding carboxylic acids is 1. The second-order valence-electron chi connectivity index (χ2n) is 4.76. The molecule has 0 unspecified atom stereocenters. The van der Waals surface area contributed by atoms with Crippen LogP contribution in [0.3, 0.4) is 0 Å². The topological polar surface area (TPSA) is 41.1 Å². The van der Waals surface area contributed by atoms with Crippen molar-refractivity contribution in [2.45, 2.75) is 19.9 Å². The van der Waals surface area contributed by atoms with Crippen LogP contribution in [0.5, 0.6) is 0 Å². The maximum Gasteiger partial charge on any atom is 0.251 e. The van der Waals surface area contributed by atoms with E-state index in [4.69, 9.17) is 0 Å². The van der Waals surface area contributed by atoms with Gasteiger partial charge in [-0.2, -0.15) is 0 Å². The standard InChI is InChI=1S/C15H16N2OS/c1-10-5-7-19-14(10)9-17-15(18)12-2-3-13-11(8-12)4-6-16-13/h2-3,5,7-8,16H,4,6,9H2,1H3,(H,17,18). The van der Waals surface area contributed by atoms with E-state index in [1.165, 1.54) is 16.0 Å². The third kappa shape index (κ3) is 2.49. The maximum atomic E-state index is 12.1. The number of amides is 1. The molecule has 1 amide bonds. The van der Waals surface area contributed by atoms with Crippen molar-refractivity contribution in [1.29, 1.82) is 0 Å². The van der Waals surface area contributed by atoms with Crippen LogP contribution >= 0.6 is 11.3 Å². The molecular formula is C15H16N2OS. The van der Waals surface area contributed by atoms with E-state index in [-0.39, 0.29) is 5.91 Å². The van der Waals surface area contributed by atoms with Crippen LogP contribution in [0.15, 0.2) is 29.6 Å². The quantitative estimate of drug-likeness (QED) is 0.902. The van der Waals surface area contributed by atoms with E-state index in [0.29, 0.717) is 6.54 Å². The Morgan fingerprint density at radius 1 is 1.42 bits per heavy atom. The van der Waals surface area contributed by atoms with Crippen LogP contribution in [0.25, 0.3) is 0 Å². The van der Waals surface area contributed by atoms with Crippen LogP contribution in [0.4, 0.5) is 5.69 Å². The molecule has 0 atom stereocenters. The second-order valence-corrected chi connectivity index (χ2v) is 5.76. The summed E-state index contributed by atoms with van der Waals surface area (Å²) in [6, 6.07) is 7.95. The molecule has 19 heavy (non-hydrogen) atoms. The van der Waals surface area contributed by atoms with Gasteiger partial charge in [-0.05, 0) is 54.1 Å². The van der Waals surface area contributed by atoms with E-state index in [1.54, 1.807) is 11.3 Å². The van der Waals surface area contributed by atoms with E-state index in [9.17, 15) is 4.79 Å². The van der Waals surface area contributed by atoms with E-state index in [2.05, 4.69) is 29.0 Å². The first-order valence-corrected chi connectivity index (χ1v) is 7.30. The minimum atomic E-state index is 0.00231. The van der Waals surface area contributed by atoms with Crippen molar-refractivity contribution in [3.63, 3.8) is 0 Å². The number of carbonyl (C=O) groups is 1. The van der Waals surface area contributed by atoms with Gasteiger partial charge in [-0.25, -0.2) is 0 Å². The zero-order valence-corrected chi connectivity index (χ0v) is 11.6. The van der Waals surface area contributed by atoms with Gasteiger partial charge in [0.25, 0.3) is 5.91 Å². The lowest BCUT2D eigenvalue weighted by atomic mass is 10.1. The number of fused-ring (bicyclic) bond motifs is 1. The van der Waals surface area contributed by atoms with Gasteiger partial charge in [-0.1, -0.05) is 0 Å². The average Bonchev–Trinajstić information content (AvgIpc) is 3.03. The van der Waals surface area contributed by atoms with E-state index in [1.807, 2.05) is 18.2 Å². The number of aryl methyl sites for hydroxylation is 1. The summed E-state index contributed by atoms with van der Waals surface area (Å²) in [5.41, 5.74) is 4.38. The normalized spacial score (nSPS) is 12.9. The summed E-state index contributed by atoms with van der Waals surface area (Å²) in [6.45, 7) is 3.64. The smallest absolute Gasteiger partial charge is 0.251 e. The fourth-order valence-electron chi connectivity index (χ4n) is 2.29. The zero-order valence-electron chi connectivity index (χ0n) is 10.8. The molecule has 1 aromatic heterocycles. The second kappa shape index (κ2) is 5.05. The summed E-state index contributed by atoms with van der Waals surface area (Å²) in [7, 11) is 0. The zero-order chi connectivity index (χ0) is 13.2. The number of hydrogen-bond donors (Lipinski definition) is 2. The monoisotopic (exact) mass is 272 g/mol. The van der Waals surface area contributed by atoms with E-state index < -0.39 is 0 Å². The highest BCUT2D eigenvalue weighted by molar-refractivity contribution is 7.10. The van der Waals surface area contributed by atoms with Gasteiger partial charge in [0.05, 0.1) is 6.54 Å². The van der Waals surface area contributed by atoms with Crippen LogP contribution < -0.4 is 10.6 Å². The van der Waals surface area contributed by atoms with Crippen molar-refractivity contribution < 1.29 is 4.79 Å². The van der Waals surface area contributed by atoms with Crippen LogP contribution in [0.1, 0.15) is 26.4 Å². The first-order valence-electron chi connectivity index (χ1n) is 6.42. The molecule has 0 bridgehead atoms. The lowest BCUT2D eigenvalue weighted by molar-refractivity contribution is 0.0951. The molecule has 0 spiro atoms. The SMILES string of the molecule is Cc1ccsc1CNC(=O)c1ccc2c(c1)CCN2. The molecular weight excluding hydrogens is 256 g/mol. The van der Waals surface area contributed by atoms with Gasteiger partial charge in [-0.3, -0.25) is 4.79 Å². The molecule has 1 aliphatic heterocycles. The van der Waals surface area contributed by atoms with E-state index in [0.717, 1.165) is 24.2 Å². The predicted molar refractivity (Wildman–Crippen MR) is 78.9 cm³/mol. The number of thiophene rings is 1. The molecule has 2 N–H and O–H groups in total. The van der Waals surface area contributed by atoms with Crippen molar-refractivity contribution in [3.8, 4) is 0 Å². The summed E-state index contributed by atoms with van der Waals surface area (Å²) in [6.07, 6.45) is 1.00. The molecule has 2 heterocycles. The van der Waals surface area contributed by atoms with Crippen molar-refractivity contribution in [2.75, 3.05) is 11.9 Å². The number of benzene rings is 1. The summed E-state index contributed by atoms with van der Waals surface area (Å²) in [5.74, 6) is 0.00231. The highest BCUT2D eigenvalue weighted by atomic mass is 32.1. The Morgan fingerprint density at radius 2 is 2.32 bits per heavy atom. The fourth-order valence-corrected chi connectivity index (χ4v) is 3.14. The Labute approximate surface area is 116 Å². The lowest BCUT2D eigenvalue weighted by Gasteiger charge is -2.06. The van der Waals surface area contributed by atoms with Gasteiger partial charge in [-0.15, -0.1) is 11.3 Å². The van der Waals surface area contributed by atoms with Crippen molar-refractivity contribution in [1.82, 2.24) is 5.32 Å². The summed E-state index contributed by atoms with van der Waals surface area (Å²) in [4.78, 5) is 13.3. The Balaban J connectivity index is 1.69. The molecule has 0 fully saturated rings. The number of rotatable bonds is 3. The molecule has 0 saturated carbocycles. The summed E-state index contributed by atoms with van der Waals surface area (Å²) in [5, 5.41) is 8.34. The number of nitrogens with one attached hydrogen (secondary N) is 2. The van der Waals surface area contributed by atoms with Crippen LogP contribution in [-0.4, -0.2) is 12.5 Å². The molecule has 0 radical (unpaired) electrons.